The van der Waals surface area contributed by atoms with E-state index >= 15 is 0 Å². The number of carbonyl (C=O) groups is 3. The molecule has 7 nitrogen and oxygen atoms in total. The van der Waals surface area contributed by atoms with E-state index in [1.54, 1.807) is 0 Å². The second kappa shape index (κ2) is 8.62. The zero-order valence-corrected chi connectivity index (χ0v) is 17.8. The minimum atomic E-state index is -0.697. The molecule has 0 atom stereocenters. The van der Waals surface area contributed by atoms with Crippen LogP contribution < -0.4 is 5.32 Å². The third-order valence-electron chi connectivity index (χ3n) is 7.77. The van der Waals surface area contributed by atoms with Gasteiger partial charge in [0.1, 0.15) is 5.54 Å². The molecule has 4 fully saturated rings. The van der Waals surface area contributed by atoms with E-state index in [1.807, 2.05) is 4.90 Å². The topological polar surface area (TPSA) is 73.0 Å². The van der Waals surface area contributed by atoms with Gasteiger partial charge in [-0.2, -0.15) is 0 Å². The first kappa shape index (κ1) is 20.6. The fourth-order valence-corrected chi connectivity index (χ4v) is 5.72. The molecule has 1 N–H and O–H groups in total. The predicted octanol–water partition coefficient (Wildman–Crippen LogP) is 2.35. The van der Waals surface area contributed by atoms with E-state index in [-0.39, 0.29) is 23.9 Å². The maximum Gasteiger partial charge on any atom is 0.325 e. The summed E-state index contributed by atoms with van der Waals surface area (Å²) in [4.78, 5) is 44.2. The number of rotatable bonds is 5. The van der Waals surface area contributed by atoms with Crippen LogP contribution in [0.4, 0.5) is 4.79 Å². The second-order valence-corrected chi connectivity index (χ2v) is 9.42. The molecule has 4 amide bonds. The van der Waals surface area contributed by atoms with Gasteiger partial charge in [-0.1, -0.05) is 32.6 Å². The molecule has 1 spiro atoms. The third-order valence-corrected chi connectivity index (χ3v) is 7.77. The lowest BCUT2D eigenvalue weighted by Gasteiger charge is -2.38. The summed E-state index contributed by atoms with van der Waals surface area (Å²) in [5.74, 6) is 0.943. The Balaban J connectivity index is 1.28. The molecule has 7 heteroatoms. The molecule has 0 unspecified atom stereocenters. The standard InChI is InChI=1S/C22H36N4O3/c1-2-24-15-11-22(12-16-24)20(28)26(21(29)23-22)18-9-13-25(14-10-18)19(27)8-7-17-5-3-4-6-17/h17-18H,2-16H2,1H3,(H,23,29). The zero-order valence-electron chi connectivity index (χ0n) is 17.8. The van der Waals surface area contributed by atoms with Gasteiger partial charge in [-0.15, -0.1) is 0 Å². The summed E-state index contributed by atoms with van der Waals surface area (Å²) in [6.45, 7) is 6.12. The summed E-state index contributed by atoms with van der Waals surface area (Å²) in [5, 5.41) is 3.03. The zero-order chi connectivity index (χ0) is 20.4. The third kappa shape index (κ3) is 4.16. The number of urea groups is 1. The van der Waals surface area contributed by atoms with Crippen LogP contribution in [0.15, 0.2) is 0 Å². The van der Waals surface area contributed by atoms with E-state index in [1.165, 1.54) is 30.6 Å². The molecule has 162 valence electrons. The Morgan fingerprint density at radius 1 is 1.03 bits per heavy atom. The molecular formula is C22H36N4O3. The van der Waals surface area contributed by atoms with Gasteiger partial charge in [-0.25, -0.2) is 4.79 Å². The molecule has 0 aromatic heterocycles. The summed E-state index contributed by atoms with van der Waals surface area (Å²) >= 11 is 0. The van der Waals surface area contributed by atoms with Crippen LogP contribution in [-0.4, -0.2) is 76.8 Å². The van der Waals surface area contributed by atoms with Crippen LogP contribution >= 0.6 is 0 Å². The molecular weight excluding hydrogens is 368 g/mol. The van der Waals surface area contributed by atoms with Crippen molar-refractivity contribution in [2.45, 2.75) is 82.7 Å². The van der Waals surface area contributed by atoms with E-state index in [2.05, 4.69) is 17.1 Å². The molecule has 4 aliphatic rings. The van der Waals surface area contributed by atoms with E-state index in [4.69, 9.17) is 0 Å². The number of hydrogen-bond acceptors (Lipinski definition) is 4. The lowest BCUT2D eigenvalue weighted by Crippen LogP contribution is -2.55. The highest BCUT2D eigenvalue weighted by Crippen LogP contribution is 2.33. The minimum absolute atomic E-state index is 0.0377. The summed E-state index contributed by atoms with van der Waals surface area (Å²) in [7, 11) is 0. The average molecular weight is 405 g/mol. The fraction of sp³-hybridized carbons (Fsp3) is 0.864. The Kier molecular flexibility index (Phi) is 6.13. The van der Waals surface area contributed by atoms with E-state index < -0.39 is 5.54 Å². The van der Waals surface area contributed by atoms with E-state index in [0.29, 0.717) is 45.2 Å². The van der Waals surface area contributed by atoms with Crippen LogP contribution in [0.25, 0.3) is 0 Å². The number of imide groups is 1. The molecule has 0 bridgehead atoms. The van der Waals surface area contributed by atoms with Crippen molar-refractivity contribution in [2.24, 2.45) is 5.92 Å². The van der Waals surface area contributed by atoms with Crippen LogP contribution in [0, 0.1) is 5.92 Å². The van der Waals surface area contributed by atoms with Crippen molar-refractivity contribution < 1.29 is 14.4 Å². The maximum absolute atomic E-state index is 13.2. The van der Waals surface area contributed by atoms with Gasteiger partial charge in [0.2, 0.25) is 5.91 Å². The van der Waals surface area contributed by atoms with Crippen LogP contribution in [0.5, 0.6) is 0 Å². The summed E-state index contributed by atoms with van der Waals surface area (Å²) < 4.78 is 0. The van der Waals surface area contributed by atoms with E-state index in [0.717, 1.165) is 32.0 Å². The molecule has 0 aromatic carbocycles. The smallest absolute Gasteiger partial charge is 0.325 e. The Hall–Kier alpha value is -1.63. The first-order valence-electron chi connectivity index (χ1n) is 11.7. The van der Waals surface area contributed by atoms with Crippen molar-refractivity contribution in [3.8, 4) is 0 Å². The average Bonchev–Trinajstić information content (AvgIpc) is 3.34. The lowest BCUT2D eigenvalue weighted by atomic mass is 9.87. The molecule has 0 radical (unpaired) electrons. The van der Waals surface area contributed by atoms with Gasteiger partial charge in [0.05, 0.1) is 0 Å². The van der Waals surface area contributed by atoms with E-state index in [9.17, 15) is 14.4 Å². The first-order valence-corrected chi connectivity index (χ1v) is 11.7. The number of amides is 4. The molecule has 29 heavy (non-hydrogen) atoms. The second-order valence-electron chi connectivity index (χ2n) is 9.42. The number of nitrogens with zero attached hydrogens (tertiary/aromatic N) is 3. The quantitative estimate of drug-likeness (QED) is 0.714. The maximum atomic E-state index is 13.2. The number of nitrogens with one attached hydrogen (secondary N) is 1. The summed E-state index contributed by atoms with van der Waals surface area (Å²) in [6.07, 6.45) is 9.64. The van der Waals surface area contributed by atoms with Gasteiger partial charge in [0.15, 0.2) is 0 Å². The van der Waals surface area contributed by atoms with Gasteiger partial charge in [0.25, 0.3) is 5.91 Å². The van der Waals surface area contributed by atoms with Gasteiger partial charge in [-0.05, 0) is 44.6 Å². The van der Waals surface area contributed by atoms with Gasteiger partial charge in [0, 0.05) is 38.6 Å². The Labute approximate surface area is 174 Å². The largest absolute Gasteiger partial charge is 0.343 e. The van der Waals surface area contributed by atoms with Crippen molar-refractivity contribution in [3.63, 3.8) is 0 Å². The Morgan fingerprint density at radius 2 is 1.69 bits per heavy atom. The molecule has 3 aliphatic heterocycles. The van der Waals surface area contributed by atoms with Crippen molar-refractivity contribution in [2.75, 3.05) is 32.7 Å². The fourth-order valence-electron chi connectivity index (χ4n) is 5.72. The Bertz CT molecular complexity index is 630. The SMILES string of the molecule is CCN1CCC2(CC1)NC(=O)N(C1CCN(C(=O)CCC3CCCC3)CC1)C2=O. The number of carbonyl (C=O) groups excluding carboxylic acids is 3. The van der Waals surface area contributed by atoms with Crippen molar-refractivity contribution in [1.29, 1.82) is 0 Å². The molecule has 1 saturated carbocycles. The van der Waals surface area contributed by atoms with Crippen molar-refractivity contribution in [3.05, 3.63) is 0 Å². The van der Waals surface area contributed by atoms with Gasteiger partial charge in [-0.3, -0.25) is 14.5 Å². The molecule has 0 aromatic rings. The summed E-state index contributed by atoms with van der Waals surface area (Å²) in [6, 6.07) is -0.309. The first-order chi connectivity index (χ1) is 14.0. The normalized spacial score (nSPS) is 26.5. The van der Waals surface area contributed by atoms with Gasteiger partial charge < -0.3 is 15.1 Å². The predicted molar refractivity (Wildman–Crippen MR) is 110 cm³/mol. The van der Waals surface area contributed by atoms with Gasteiger partial charge >= 0.3 is 6.03 Å². The molecule has 1 aliphatic carbocycles. The van der Waals surface area contributed by atoms with Crippen LogP contribution in [-0.2, 0) is 9.59 Å². The molecule has 3 saturated heterocycles. The van der Waals surface area contributed by atoms with Crippen LogP contribution in [0.3, 0.4) is 0 Å². The molecule has 3 heterocycles. The highest BCUT2D eigenvalue weighted by atomic mass is 16.2. The lowest BCUT2D eigenvalue weighted by molar-refractivity contribution is -0.136. The number of hydrogen-bond donors (Lipinski definition) is 1. The number of likely N-dealkylation sites (tertiary alicyclic amines) is 2. The monoisotopic (exact) mass is 404 g/mol. The minimum Gasteiger partial charge on any atom is -0.343 e. The number of piperidine rings is 2. The van der Waals surface area contributed by atoms with Crippen LogP contribution in [0.2, 0.25) is 0 Å². The highest BCUT2D eigenvalue weighted by Gasteiger charge is 2.54. The molecule has 4 rings (SSSR count). The van der Waals surface area contributed by atoms with Crippen molar-refractivity contribution >= 4 is 17.8 Å². The highest BCUT2D eigenvalue weighted by molar-refractivity contribution is 6.07. The Morgan fingerprint density at radius 3 is 2.31 bits per heavy atom. The van der Waals surface area contributed by atoms with Crippen LogP contribution in [0.1, 0.15) is 71.1 Å². The van der Waals surface area contributed by atoms with Crippen molar-refractivity contribution in [1.82, 2.24) is 20.0 Å². The summed E-state index contributed by atoms with van der Waals surface area (Å²) in [5.41, 5.74) is -0.697.